The van der Waals surface area contributed by atoms with Gasteiger partial charge in [-0.05, 0) is 72.8 Å². The van der Waals surface area contributed by atoms with Crippen LogP contribution in [0.25, 0.3) is 5.57 Å². The molecule has 0 saturated heterocycles. The molecule has 0 heteroatoms. The SMILES string of the molecule is C=C.C=C(C)C(C)C(CCC)CCCCCCCCCCC.C=C(Cc1ccccc1CCC)c1ccccc1C.CC.CC. The molecule has 0 fully saturated rings. The molecule has 0 bridgehead atoms. The summed E-state index contributed by atoms with van der Waals surface area (Å²) in [6.07, 6.45) is 20.3. The molecule has 2 aromatic rings. The van der Waals surface area contributed by atoms with Gasteiger partial charge in [-0.15, -0.1) is 13.2 Å². The molecule has 0 N–H and O–H groups in total. The summed E-state index contributed by atoms with van der Waals surface area (Å²) in [7, 11) is 0. The largest absolute Gasteiger partial charge is 0.106 e. The van der Waals surface area contributed by atoms with E-state index in [4.69, 9.17) is 0 Å². The summed E-state index contributed by atoms with van der Waals surface area (Å²) in [6, 6.07) is 17.2. The van der Waals surface area contributed by atoms with Crippen LogP contribution in [0, 0.1) is 18.8 Å². The van der Waals surface area contributed by atoms with Crippen molar-refractivity contribution in [3.05, 3.63) is 103 Å². The van der Waals surface area contributed by atoms with Gasteiger partial charge < -0.3 is 0 Å². The van der Waals surface area contributed by atoms with Gasteiger partial charge in [0.05, 0.1) is 0 Å². The molecule has 0 amide bonds. The third kappa shape index (κ3) is 23.6. The maximum Gasteiger partial charge on any atom is -0.00229 e. The number of hydrogen-bond acceptors (Lipinski definition) is 0. The average molecular weight is 619 g/mol. The van der Waals surface area contributed by atoms with Crippen LogP contribution in [0.15, 0.2) is 80.4 Å². The first-order valence-electron chi connectivity index (χ1n) is 18.8. The molecular weight excluding hydrogens is 540 g/mol. The van der Waals surface area contributed by atoms with E-state index in [0.29, 0.717) is 5.92 Å². The molecule has 258 valence electrons. The van der Waals surface area contributed by atoms with Crippen molar-refractivity contribution in [1.82, 2.24) is 0 Å². The Balaban J connectivity index is -0.000000672. The lowest BCUT2D eigenvalue weighted by atomic mass is 9.82. The molecule has 0 saturated carbocycles. The van der Waals surface area contributed by atoms with Crippen LogP contribution in [0.5, 0.6) is 0 Å². The molecule has 0 aliphatic rings. The standard InChI is InChI=1S/C20H40.C19H22.2C2H6.C2H4/c1-6-8-9-10-11-12-13-14-15-17-20(16-7-2)19(5)18(3)4;1-4-9-17-11-6-7-12-18(17)14-16(3)19-13-8-5-10-15(19)2;3*1-2/h19-20H,3,6-17H2,1-2,4-5H3;5-8,10-13H,3-4,9,14H2,1-2H3;2*1-2H3;1-2H2. The van der Waals surface area contributed by atoms with Gasteiger partial charge in [0.1, 0.15) is 0 Å². The molecule has 0 aliphatic heterocycles. The highest BCUT2D eigenvalue weighted by atomic mass is 14.2. The summed E-state index contributed by atoms with van der Waals surface area (Å²) in [5, 5.41) is 0. The first-order valence-corrected chi connectivity index (χ1v) is 18.8. The summed E-state index contributed by atoms with van der Waals surface area (Å²) in [5.41, 5.74) is 8.05. The molecule has 0 aliphatic carbocycles. The van der Waals surface area contributed by atoms with Crippen molar-refractivity contribution >= 4 is 5.57 Å². The van der Waals surface area contributed by atoms with Crippen molar-refractivity contribution in [2.24, 2.45) is 11.8 Å². The maximum atomic E-state index is 4.28. The number of unbranched alkanes of at least 4 members (excludes halogenated alkanes) is 8. The zero-order valence-electron chi connectivity index (χ0n) is 32.2. The molecule has 0 nitrogen and oxygen atoms in total. The maximum absolute atomic E-state index is 4.28. The van der Waals surface area contributed by atoms with E-state index in [9.17, 15) is 0 Å². The highest BCUT2D eigenvalue weighted by Crippen LogP contribution is 2.28. The molecule has 2 atom stereocenters. The number of benzene rings is 2. The number of aryl methyl sites for hydroxylation is 2. The van der Waals surface area contributed by atoms with Gasteiger partial charge >= 0.3 is 0 Å². The number of rotatable bonds is 19. The Bertz CT molecular complexity index is 933. The summed E-state index contributed by atoms with van der Waals surface area (Å²) in [5.74, 6) is 1.59. The summed E-state index contributed by atoms with van der Waals surface area (Å²) < 4.78 is 0. The first-order chi connectivity index (χ1) is 21.8. The molecule has 0 heterocycles. The van der Waals surface area contributed by atoms with Crippen LogP contribution < -0.4 is 0 Å². The summed E-state index contributed by atoms with van der Waals surface area (Å²) in [4.78, 5) is 0. The molecule has 0 radical (unpaired) electrons. The van der Waals surface area contributed by atoms with Gasteiger partial charge in [0, 0.05) is 0 Å². The van der Waals surface area contributed by atoms with E-state index in [1.165, 1.54) is 117 Å². The van der Waals surface area contributed by atoms with Crippen molar-refractivity contribution < 1.29 is 0 Å². The monoisotopic (exact) mass is 619 g/mol. The fraction of sp³-hybridized carbons (Fsp3) is 0.600. The Morgan fingerprint density at radius 1 is 0.622 bits per heavy atom. The molecule has 45 heavy (non-hydrogen) atoms. The van der Waals surface area contributed by atoms with E-state index in [1.807, 2.05) is 27.7 Å². The Labute approximate surface area is 284 Å². The van der Waals surface area contributed by atoms with Gasteiger partial charge in [-0.2, -0.15) is 0 Å². The van der Waals surface area contributed by atoms with Crippen LogP contribution in [0.3, 0.4) is 0 Å². The van der Waals surface area contributed by atoms with Gasteiger partial charge in [0.25, 0.3) is 0 Å². The zero-order chi connectivity index (χ0) is 34.9. The predicted octanol–water partition coefficient (Wildman–Crippen LogP) is 15.6. The molecule has 2 aromatic carbocycles. The second-order valence-corrected chi connectivity index (χ2v) is 11.9. The average Bonchev–Trinajstić information content (AvgIpc) is 3.07. The van der Waals surface area contributed by atoms with Crippen LogP contribution in [0.1, 0.15) is 168 Å². The zero-order valence-corrected chi connectivity index (χ0v) is 32.2. The fourth-order valence-electron chi connectivity index (χ4n) is 5.67. The molecule has 0 aromatic heterocycles. The Morgan fingerprint density at radius 2 is 1.11 bits per heavy atom. The van der Waals surface area contributed by atoms with Crippen molar-refractivity contribution in [3.8, 4) is 0 Å². The minimum absolute atomic E-state index is 0.712. The number of hydrogen-bond donors (Lipinski definition) is 0. The van der Waals surface area contributed by atoms with Crippen molar-refractivity contribution in [2.45, 2.75) is 166 Å². The molecule has 2 unspecified atom stereocenters. The van der Waals surface area contributed by atoms with Gasteiger partial charge in [-0.1, -0.05) is 200 Å². The predicted molar refractivity (Wildman–Crippen MR) is 213 cm³/mol. The smallest absolute Gasteiger partial charge is 0.00229 e. The van der Waals surface area contributed by atoms with E-state index < -0.39 is 0 Å². The first kappa shape index (κ1) is 47.1. The minimum atomic E-state index is 0.712. The third-order valence-corrected chi connectivity index (χ3v) is 8.39. The van der Waals surface area contributed by atoms with Gasteiger partial charge in [0.15, 0.2) is 0 Å². The van der Waals surface area contributed by atoms with Crippen molar-refractivity contribution in [1.29, 1.82) is 0 Å². The van der Waals surface area contributed by atoms with Gasteiger partial charge in [-0.25, -0.2) is 0 Å². The Morgan fingerprint density at radius 3 is 1.60 bits per heavy atom. The van der Waals surface area contributed by atoms with E-state index in [-0.39, 0.29) is 0 Å². The lowest BCUT2D eigenvalue weighted by Crippen LogP contribution is -2.12. The normalized spacial score (nSPS) is 11.1. The van der Waals surface area contributed by atoms with E-state index in [0.717, 1.165) is 18.8 Å². The van der Waals surface area contributed by atoms with E-state index in [1.54, 1.807) is 0 Å². The number of allylic oxidation sites excluding steroid dienone is 2. The van der Waals surface area contributed by atoms with Crippen molar-refractivity contribution in [2.75, 3.05) is 0 Å². The molecule has 0 spiro atoms. The van der Waals surface area contributed by atoms with Crippen LogP contribution in [-0.2, 0) is 12.8 Å². The van der Waals surface area contributed by atoms with Gasteiger partial charge in [0.2, 0.25) is 0 Å². The van der Waals surface area contributed by atoms with E-state index >= 15 is 0 Å². The van der Waals surface area contributed by atoms with Crippen LogP contribution in [-0.4, -0.2) is 0 Å². The van der Waals surface area contributed by atoms with Crippen LogP contribution in [0.2, 0.25) is 0 Å². The van der Waals surface area contributed by atoms with Gasteiger partial charge in [-0.3, -0.25) is 0 Å². The van der Waals surface area contributed by atoms with Crippen LogP contribution in [0.4, 0.5) is 0 Å². The highest BCUT2D eigenvalue weighted by molar-refractivity contribution is 5.68. The topological polar surface area (TPSA) is 0 Å². The molecular formula is C45H78. The molecule has 2 rings (SSSR count). The fourth-order valence-corrected chi connectivity index (χ4v) is 5.67. The quantitative estimate of drug-likeness (QED) is 0.108. The second-order valence-electron chi connectivity index (χ2n) is 11.9. The Hall–Kier alpha value is -2.34. The van der Waals surface area contributed by atoms with Crippen molar-refractivity contribution in [3.63, 3.8) is 0 Å². The second kappa shape index (κ2) is 34.5. The lowest BCUT2D eigenvalue weighted by molar-refractivity contribution is 0.336. The highest BCUT2D eigenvalue weighted by Gasteiger charge is 2.16. The summed E-state index contributed by atoms with van der Waals surface area (Å²) in [6.45, 7) is 36.0. The van der Waals surface area contributed by atoms with Crippen LogP contribution >= 0.6 is 0 Å². The minimum Gasteiger partial charge on any atom is -0.106 e. The Kier molecular flexibility index (Phi) is 36.1. The van der Waals surface area contributed by atoms with E-state index in [2.05, 4.69) is 116 Å². The lowest BCUT2D eigenvalue weighted by Gasteiger charge is -2.24. The third-order valence-electron chi connectivity index (χ3n) is 8.39. The summed E-state index contributed by atoms with van der Waals surface area (Å²) >= 11 is 0.